The highest BCUT2D eigenvalue weighted by Gasteiger charge is 2.42. The normalized spacial score (nSPS) is 24.6. The molecule has 1 aliphatic rings. The van der Waals surface area contributed by atoms with Gasteiger partial charge in [0.05, 0.1) is 12.0 Å². The van der Waals surface area contributed by atoms with Crippen LogP contribution in [0.3, 0.4) is 0 Å². The summed E-state index contributed by atoms with van der Waals surface area (Å²) in [6.45, 7) is 2.34. The maximum Gasteiger partial charge on any atom is 0.239 e. The van der Waals surface area contributed by atoms with Crippen molar-refractivity contribution < 1.29 is 9.59 Å². The van der Waals surface area contributed by atoms with Crippen LogP contribution in [0.1, 0.15) is 31.7 Å². The van der Waals surface area contributed by atoms with Crippen molar-refractivity contribution in [1.29, 1.82) is 0 Å². The molecule has 4 N–H and O–H groups in total. The van der Waals surface area contributed by atoms with E-state index in [1.165, 1.54) is 0 Å². The molecule has 1 fully saturated rings. The van der Waals surface area contributed by atoms with E-state index in [2.05, 4.69) is 10.6 Å². The van der Waals surface area contributed by atoms with E-state index in [1.807, 2.05) is 37.3 Å². The van der Waals surface area contributed by atoms with E-state index in [0.717, 1.165) is 24.8 Å². The van der Waals surface area contributed by atoms with E-state index < -0.39 is 5.41 Å². The maximum absolute atomic E-state index is 12.2. The zero-order chi connectivity index (χ0) is 15.3. The van der Waals surface area contributed by atoms with Gasteiger partial charge in [0.25, 0.3) is 0 Å². The first-order valence-electron chi connectivity index (χ1n) is 7.37. The third kappa shape index (κ3) is 3.82. The Labute approximate surface area is 125 Å². The van der Waals surface area contributed by atoms with Gasteiger partial charge in [0, 0.05) is 12.6 Å². The second-order valence-corrected chi connectivity index (χ2v) is 5.86. The molecule has 1 saturated carbocycles. The van der Waals surface area contributed by atoms with Crippen LogP contribution in [0.25, 0.3) is 0 Å². The molecule has 0 radical (unpaired) electrons. The van der Waals surface area contributed by atoms with E-state index in [9.17, 15) is 9.59 Å². The fraction of sp³-hybridized carbons (Fsp3) is 0.500. The Bertz CT molecular complexity index is 504. The molecule has 1 aromatic rings. The monoisotopic (exact) mass is 289 g/mol. The number of nitrogens with two attached hydrogens (primary N) is 1. The highest BCUT2D eigenvalue weighted by atomic mass is 16.2. The van der Waals surface area contributed by atoms with Gasteiger partial charge in [-0.05, 0) is 25.3 Å². The summed E-state index contributed by atoms with van der Waals surface area (Å²) in [5.74, 6) is -0.315. The van der Waals surface area contributed by atoms with Gasteiger partial charge in [-0.15, -0.1) is 0 Å². The molecule has 0 spiro atoms. The lowest BCUT2D eigenvalue weighted by molar-refractivity contribution is -0.132. The van der Waals surface area contributed by atoms with Crippen molar-refractivity contribution in [1.82, 2.24) is 10.6 Å². The number of rotatable bonds is 5. The molecular formula is C16H23N3O2. The van der Waals surface area contributed by atoms with Gasteiger partial charge in [-0.1, -0.05) is 36.8 Å². The third-order valence-electron chi connectivity index (χ3n) is 4.29. The number of hydrogen-bond acceptors (Lipinski definition) is 3. The molecular weight excluding hydrogens is 266 g/mol. The Morgan fingerprint density at radius 3 is 2.62 bits per heavy atom. The van der Waals surface area contributed by atoms with Gasteiger partial charge >= 0.3 is 0 Å². The predicted octanol–water partition coefficient (Wildman–Crippen LogP) is 0.936. The summed E-state index contributed by atoms with van der Waals surface area (Å²) < 4.78 is 0. The second kappa shape index (κ2) is 6.72. The number of nitrogens with one attached hydrogen (secondary N) is 2. The van der Waals surface area contributed by atoms with E-state index in [0.29, 0.717) is 6.54 Å². The summed E-state index contributed by atoms with van der Waals surface area (Å²) in [5.41, 5.74) is 6.48. The Morgan fingerprint density at radius 1 is 1.29 bits per heavy atom. The SMILES string of the molecule is CC1(C(=O)NCC(=O)NCc2ccccc2)CCCC1N. The van der Waals surface area contributed by atoms with E-state index in [4.69, 9.17) is 5.73 Å². The molecule has 0 aliphatic heterocycles. The molecule has 0 bridgehead atoms. The molecule has 114 valence electrons. The molecule has 1 aliphatic carbocycles. The van der Waals surface area contributed by atoms with Crippen LogP contribution < -0.4 is 16.4 Å². The summed E-state index contributed by atoms with van der Waals surface area (Å²) in [5, 5.41) is 5.48. The number of hydrogen-bond donors (Lipinski definition) is 3. The van der Waals surface area contributed by atoms with Gasteiger partial charge in [-0.3, -0.25) is 9.59 Å². The average Bonchev–Trinajstić information content (AvgIpc) is 2.84. The zero-order valence-electron chi connectivity index (χ0n) is 12.4. The molecule has 5 heteroatoms. The summed E-state index contributed by atoms with van der Waals surface area (Å²) in [4.78, 5) is 23.9. The minimum Gasteiger partial charge on any atom is -0.350 e. The first kappa shape index (κ1) is 15.5. The summed E-state index contributed by atoms with van der Waals surface area (Å²) in [6, 6.07) is 9.54. The number of amides is 2. The van der Waals surface area contributed by atoms with Crippen LogP contribution in [-0.4, -0.2) is 24.4 Å². The van der Waals surface area contributed by atoms with Crippen molar-refractivity contribution in [3.05, 3.63) is 35.9 Å². The van der Waals surface area contributed by atoms with Gasteiger partial charge < -0.3 is 16.4 Å². The molecule has 0 heterocycles. The minimum absolute atomic E-state index is 0.00598. The summed E-state index contributed by atoms with van der Waals surface area (Å²) >= 11 is 0. The van der Waals surface area contributed by atoms with Gasteiger partial charge in [-0.2, -0.15) is 0 Å². The Hall–Kier alpha value is -1.88. The van der Waals surface area contributed by atoms with E-state index in [1.54, 1.807) is 0 Å². The molecule has 5 nitrogen and oxygen atoms in total. The predicted molar refractivity (Wildman–Crippen MR) is 81.2 cm³/mol. The standard InChI is InChI=1S/C16H23N3O2/c1-16(9-5-8-13(16)17)15(21)19-11-14(20)18-10-12-6-3-2-4-7-12/h2-4,6-7,13H,5,8-11,17H2,1H3,(H,18,20)(H,19,21). The van der Waals surface area contributed by atoms with Gasteiger partial charge in [0.15, 0.2) is 0 Å². The average molecular weight is 289 g/mol. The topological polar surface area (TPSA) is 84.2 Å². The quantitative estimate of drug-likeness (QED) is 0.754. The van der Waals surface area contributed by atoms with Crippen molar-refractivity contribution >= 4 is 11.8 Å². The van der Waals surface area contributed by atoms with E-state index >= 15 is 0 Å². The van der Waals surface area contributed by atoms with Crippen LogP contribution in [0.2, 0.25) is 0 Å². The molecule has 2 unspecified atom stereocenters. The van der Waals surface area contributed by atoms with Gasteiger partial charge in [0.2, 0.25) is 11.8 Å². The van der Waals surface area contributed by atoms with Crippen molar-refractivity contribution in [2.45, 2.75) is 38.8 Å². The molecule has 0 aromatic heterocycles. The molecule has 2 rings (SSSR count). The number of carbonyl (C=O) groups excluding carboxylic acids is 2. The smallest absolute Gasteiger partial charge is 0.239 e. The second-order valence-electron chi connectivity index (χ2n) is 5.86. The highest BCUT2D eigenvalue weighted by Crippen LogP contribution is 2.36. The fourth-order valence-corrected chi connectivity index (χ4v) is 2.70. The van der Waals surface area contributed by atoms with Crippen LogP contribution in [0.5, 0.6) is 0 Å². The molecule has 21 heavy (non-hydrogen) atoms. The number of benzene rings is 1. The molecule has 2 amide bonds. The summed E-state index contributed by atoms with van der Waals surface area (Å²) in [6.07, 6.45) is 2.61. The number of carbonyl (C=O) groups is 2. The van der Waals surface area contributed by atoms with Crippen LogP contribution in [0.4, 0.5) is 0 Å². The van der Waals surface area contributed by atoms with Crippen molar-refractivity contribution in [3.63, 3.8) is 0 Å². The lowest BCUT2D eigenvalue weighted by Gasteiger charge is -2.27. The van der Waals surface area contributed by atoms with E-state index in [-0.39, 0.29) is 24.4 Å². The van der Waals surface area contributed by atoms with Crippen LogP contribution in [0, 0.1) is 5.41 Å². The lowest BCUT2D eigenvalue weighted by Crippen LogP contribution is -2.49. The molecule has 0 saturated heterocycles. The van der Waals surface area contributed by atoms with Crippen LogP contribution in [0.15, 0.2) is 30.3 Å². The van der Waals surface area contributed by atoms with Crippen molar-refractivity contribution in [3.8, 4) is 0 Å². The largest absolute Gasteiger partial charge is 0.350 e. The first-order chi connectivity index (χ1) is 10.0. The van der Waals surface area contributed by atoms with Gasteiger partial charge in [-0.25, -0.2) is 0 Å². The first-order valence-corrected chi connectivity index (χ1v) is 7.37. The Morgan fingerprint density at radius 2 is 2.00 bits per heavy atom. The van der Waals surface area contributed by atoms with Crippen molar-refractivity contribution in [2.75, 3.05) is 6.54 Å². The molecule has 1 aromatic carbocycles. The summed E-state index contributed by atoms with van der Waals surface area (Å²) in [7, 11) is 0. The molecule has 2 atom stereocenters. The fourth-order valence-electron chi connectivity index (χ4n) is 2.70. The maximum atomic E-state index is 12.2. The highest BCUT2D eigenvalue weighted by molar-refractivity contribution is 5.88. The third-order valence-corrected chi connectivity index (χ3v) is 4.29. The van der Waals surface area contributed by atoms with Gasteiger partial charge in [0.1, 0.15) is 0 Å². The Balaban J connectivity index is 1.75. The lowest BCUT2D eigenvalue weighted by atomic mass is 9.84. The minimum atomic E-state index is -0.542. The van der Waals surface area contributed by atoms with Crippen LogP contribution >= 0.6 is 0 Å². The van der Waals surface area contributed by atoms with Crippen LogP contribution in [-0.2, 0) is 16.1 Å². The Kier molecular flexibility index (Phi) is 4.96. The van der Waals surface area contributed by atoms with Crippen molar-refractivity contribution in [2.24, 2.45) is 11.1 Å². The zero-order valence-corrected chi connectivity index (χ0v) is 12.4.